The van der Waals surface area contributed by atoms with Crippen molar-refractivity contribution in [2.75, 3.05) is 30.9 Å². The highest BCUT2D eigenvalue weighted by Crippen LogP contribution is 2.07. The Morgan fingerprint density at radius 3 is 2.40 bits per heavy atom. The first-order chi connectivity index (χ1) is 11.6. The third kappa shape index (κ3) is 8.23. The minimum atomic E-state index is -1.50. The fourth-order valence-corrected chi connectivity index (χ4v) is 2.45. The van der Waals surface area contributed by atoms with E-state index in [-0.39, 0.29) is 23.9 Å². The quantitative estimate of drug-likeness (QED) is 0.201. The summed E-state index contributed by atoms with van der Waals surface area (Å²) in [6.45, 7) is 1.60. The number of likely N-dealkylation sites (N-methyl/N-ethyl adjacent to an activating group) is 1. The topological polar surface area (TPSA) is 156 Å². The molecule has 12 heteroatoms. The predicted octanol–water partition coefficient (Wildman–Crippen LogP) is -1.27. The number of Topliss-reactive ketones (excluding diaryl/α,β-unsaturated/α-hetero) is 1. The normalized spacial score (nSPS) is 12.6. The lowest BCUT2D eigenvalue weighted by molar-refractivity contribution is -0.152. The summed E-state index contributed by atoms with van der Waals surface area (Å²) in [5.74, 6) is -3.78. The number of hydrogen-bond donors (Lipinski definition) is 4. The average molecular weight is 395 g/mol. The molecule has 0 aromatic heterocycles. The van der Waals surface area contributed by atoms with Gasteiger partial charge in [-0.3, -0.25) is 14.4 Å². The van der Waals surface area contributed by atoms with Crippen molar-refractivity contribution >= 4 is 54.1 Å². The molecule has 0 saturated carbocycles. The maximum absolute atomic E-state index is 12.1. The third-order valence-corrected chi connectivity index (χ3v) is 4.22. The Hall–Kier alpha value is -1.79. The molecule has 4 N–H and O–H groups in total. The monoisotopic (exact) mass is 395 g/mol. The van der Waals surface area contributed by atoms with Gasteiger partial charge in [-0.2, -0.15) is 24.4 Å². The van der Waals surface area contributed by atoms with Crippen LogP contribution in [0.25, 0.3) is 0 Å². The molecule has 0 fully saturated rings. The van der Waals surface area contributed by atoms with Crippen LogP contribution in [0.1, 0.15) is 6.92 Å². The minimum absolute atomic E-state index is 0.0238. The second kappa shape index (κ2) is 11.7. The number of carbonyl (C=O) groups excluding carboxylic acids is 4. The molecule has 0 aliphatic heterocycles. The largest absolute Gasteiger partial charge is 0.465 e. The molecule has 10 nitrogen and oxygen atoms in total. The van der Waals surface area contributed by atoms with Crippen LogP contribution in [-0.4, -0.2) is 82.7 Å². The standard InChI is InChI=1S/C13H21N3O7S2/c1-3-23-12(20)9(17)6-25-5-8(11(19)16(2)13(21)22)15-10(18)7(14)4-24/h7-8,24H,3-6,14H2,1-2H3,(H,15,18)(H,21,22). The van der Waals surface area contributed by atoms with Crippen LogP contribution >= 0.6 is 24.4 Å². The first kappa shape index (κ1) is 23.2. The van der Waals surface area contributed by atoms with E-state index in [0.717, 1.165) is 18.8 Å². The number of amides is 3. The van der Waals surface area contributed by atoms with Gasteiger partial charge < -0.3 is 20.9 Å². The van der Waals surface area contributed by atoms with E-state index >= 15 is 0 Å². The highest BCUT2D eigenvalue weighted by molar-refractivity contribution is 8.00. The maximum atomic E-state index is 12.1. The van der Waals surface area contributed by atoms with E-state index in [4.69, 9.17) is 10.8 Å². The number of esters is 1. The van der Waals surface area contributed by atoms with Gasteiger partial charge in [-0.1, -0.05) is 0 Å². The Labute approximate surface area is 154 Å². The highest BCUT2D eigenvalue weighted by atomic mass is 32.2. The molecule has 0 radical (unpaired) electrons. The van der Waals surface area contributed by atoms with Gasteiger partial charge in [0.25, 0.3) is 5.91 Å². The van der Waals surface area contributed by atoms with Crippen LogP contribution in [-0.2, 0) is 23.9 Å². The number of rotatable bonds is 10. The molecule has 25 heavy (non-hydrogen) atoms. The molecule has 0 aromatic carbocycles. The zero-order valence-corrected chi connectivity index (χ0v) is 15.5. The summed E-state index contributed by atoms with van der Waals surface area (Å²) in [6.07, 6.45) is -1.50. The van der Waals surface area contributed by atoms with Gasteiger partial charge >= 0.3 is 12.1 Å². The van der Waals surface area contributed by atoms with Gasteiger partial charge in [-0.25, -0.2) is 14.5 Å². The summed E-state index contributed by atoms with van der Waals surface area (Å²) in [6, 6.07) is -2.22. The van der Waals surface area contributed by atoms with E-state index in [1.165, 1.54) is 0 Å². The number of imide groups is 1. The average Bonchev–Trinajstić information content (AvgIpc) is 2.58. The number of nitrogens with zero attached hydrogens (tertiary/aromatic N) is 1. The molecule has 0 spiro atoms. The Morgan fingerprint density at radius 2 is 1.92 bits per heavy atom. The zero-order valence-electron chi connectivity index (χ0n) is 13.8. The van der Waals surface area contributed by atoms with Crippen molar-refractivity contribution < 1.29 is 33.8 Å². The Bertz CT molecular complexity index is 530. The lowest BCUT2D eigenvalue weighted by atomic mass is 10.2. The van der Waals surface area contributed by atoms with Crippen LogP contribution in [0.3, 0.4) is 0 Å². The van der Waals surface area contributed by atoms with Crippen LogP contribution < -0.4 is 11.1 Å². The molecule has 0 saturated heterocycles. The van der Waals surface area contributed by atoms with Crippen molar-refractivity contribution in [2.45, 2.75) is 19.0 Å². The number of carbonyl (C=O) groups is 5. The molecule has 0 aliphatic rings. The molecular weight excluding hydrogens is 374 g/mol. The first-order valence-electron chi connectivity index (χ1n) is 7.10. The number of ketones is 1. The molecular formula is C13H21N3O7S2. The number of carboxylic acid groups (broad SMARTS) is 1. The van der Waals surface area contributed by atoms with Crippen molar-refractivity contribution in [2.24, 2.45) is 5.73 Å². The van der Waals surface area contributed by atoms with E-state index in [1.807, 2.05) is 0 Å². The van der Waals surface area contributed by atoms with Gasteiger partial charge in [0.1, 0.15) is 6.04 Å². The fraction of sp³-hybridized carbons (Fsp3) is 0.615. The highest BCUT2D eigenvalue weighted by Gasteiger charge is 2.29. The number of ether oxygens (including phenoxy) is 1. The lowest BCUT2D eigenvalue weighted by Gasteiger charge is -2.22. The summed E-state index contributed by atoms with van der Waals surface area (Å²) in [4.78, 5) is 58.0. The molecule has 0 heterocycles. The Kier molecular flexibility index (Phi) is 10.9. The summed E-state index contributed by atoms with van der Waals surface area (Å²) in [5, 5.41) is 11.2. The lowest BCUT2D eigenvalue weighted by Crippen LogP contribution is -2.54. The Balaban J connectivity index is 4.87. The third-order valence-electron chi connectivity index (χ3n) is 2.79. The van der Waals surface area contributed by atoms with Crippen LogP contribution in [0.15, 0.2) is 0 Å². The van der Waals surface area contributed by atoms with Gasteiger partial charge in [0, 0.05) is 18.6 Å². The van der Waals surface area contributed by atoms with Crippen LogP contribution in [0.4, 0.5) is 4.79 Å². The van der Waals surface area contributed by atoms with E-state index in [9.17, 15) is 24.0 Å². The summed E-state index contributed by atoms with van der Waals surface area (Å²) < 4.78 is 4.54. The van der Waals surface area contributed by atoms with Crippen molar-refractivity contribution in [1.29, 1.82) is 0 Å². The molecule has 2 atom stereocenters. The van der Waals surface area contributed by atoms with Crippen LogP contribution in [0.5, 0.6) is 0 Å². The van der Waals surface area contributed by atoms with E-state index in [2.05, 4.69) is 22.7 Å². The fourth-order valence-electron chi connectivity index (χ4n) is 1.40. The SMILES string of the molecule is CCOC(=O)C(=O)CSCC(NC(=O)C(N)CS)C(=O)N(C)C(=O)O. The smallest absolute Gasteiger partial charge is 0.413 e. The second-order valence-corrected chi connectivity index (χ2v) is 6.08. The van der Waals surface area contributed by atoms with E-state index in [0.29, 0.717) is 4.90 Å². The van der Waals surface area contributed by atoms with Crippen molar-refractivity contribution in [3.63, 3.8) is 0 Å². The van der Waals surface area contributed by atoms with Crippen molar-refractivity contribution in [3.8, 4) is 0 Å². The van der Waals surface area contributed by atoms with Gasteiger partial charge in [-0.15, -0.1) is 0 Å². The van der Waals surface area contributed by atoms with Gasteiger partial charge in [0.15, 0.2) is 0 Å². The number of thioether (sulfide) groups is 1. The van der Waals surface area contributed by atoms with Crippen LogP contribution in [0, 0.1) is 0 Å². The van der Waals surface area contributed by atoms with Gasteiger partial charge in [0.05, 0.1) is 18.4 Å². The molecule has 0 bridgehead atoms. The minimum Gasteiger partial charge on any atom is -0.465 e. The summed E-state index contributed by atoms with van der Waals surface area (Å²) >= 11 is 4.74. The number of nitrogens with one attached hydrogen (secondary N) is 1. The Morgan fingerprint density at radius 1 is 1.32 bits per heavy atom. The van der Waals surface area contributed by atoms with Crippen molar-refractivity contribution in [1.82, 2.24) is 10.2 Å². The molecule has 142 valence electrons. The molecule has 0 aliphatic carbocycles. The van der Waals surface area contributed by atoms with Gasteiger partial charge in [-0.05, 0) is 6.92 Å². The zero-order chi connectivity index (χ0) is 19.6. The summed E-state index contributed by atoms with van der Waals surface area (Å²) in [5.41, 5.74) is 5.50. The molecule has 2 unspecified atom stereocenters. The van der Waals surface area contributed by atoms with E-state index < -0.39 is 41.7 Å². The number of nitrogens with two attached hydrogens (primary N) is 1. The first-order valence-corrected chi connectivity index (χ1v) is 8.89. The second-order valence-electron chi connectivity index (χ2n) is 4.69. The number of thiol groups is 1. The number of hydrogen-bond acceptors (Lipinski definition) is 9. The summed E-state index contributed by atoms with van der Waals surface area (Å²) in [7, 11) is 1.02. The maximum Gasteiger partial charge on any atom is 0.413 e. The molecule has 0 aromatic rings. The van der Waals surface area contributed by atoms with Crippen molar-refractivity contribution in [3.05, 3.63) is 0 Å². The van der Waals surface area contributed by atoms with E-state index in [1.54, 1.807) is 6.92 Å². The van der Waals surface area contributed by atoms with Gasteiger partial charge in [0.2, 0.25) is 11.7 Å². The van der Waals surface area contributed by atoms with Crippen LogP contribution in [0.2, 0.25) is 0 Å². The molecule has 3 amide bonds. The predicted molar refractivity (Wildman–Crippen MR) is 93.5 cm³/mol. The molecule has 0 rings (SSSR count).